The summed E-state index contributed by atoms with van der Waals surface area (Å²) in [5.41, 5.74) is 0.914. The van der Waals surface area contributed by atoms with Gasteiger partial charge in [0.25, 0.3) is 0 Å². The predicted octanol–water partition coefficient (Wildman–Crippen LogP) is 5.18. The molecule has 4 aliphatic carbocycles. The molecule has 0 unspecified atom stereocenters. The van der Waals surface area contributed by atoms with Crippen LogP contribution in [-0.4, -0.2) is 34.5 Å². The standard InChI is InChI=1S/C29H40O5/c1-19(30)29(32)14-12-25-23-10-7-21-17-28(31,34-18-20-5-8-22(33-4)9-6-20)16-15-26(21,2)24(23)11-13-27(25,29)3/h5-9,23-25,31-32H,10-18H2,1-4H3/t23-,24+,25+,26+,27+,28-,29+/m1/s1. The van der Waals surface area contributed by atoms with E-state index in [1.54, 1.807) is 14.0 Å². The first-order valence-corrected chi connectivity index (χ1v) is 13.0. The van der Waals surface area contributed by atoms with Gasteiger partial charge in [0.05, 0.1) is 13.7 Å². The van der Waals surface area contributed by atoms with Crippen molar-refractivity contribution >= 4 is 5.78 Å². The van der Waals surface area contributed by atoms with Crippen molar-refractivity contribution in [3.05, 3.63) is 41.5 Å². The van der Waals surface area contributed by atoms with E-state index in [0.29, 0.717) is 43.6 Å². The van der Waals surface area contributed by atoms with Crippen molar-refractivity contribution in [3.8, 4) is 5.75 Å². The van der Waals surface area contributed by atoms with Crippen molar-refractivity contribution in [2.45, 2.75) is 90.1 Å². The molecule has 1 aromatic carbocycles. The summed E-state index contributed by atoms with van der Waals surface area (Å²) in [5.74, 6) is 1.01. The highest BCUT2D eigenvalue weighted by Gasteiger charge is 2.65. The zero-order chi connectivity index (χ0) is 24.4. The Morgan fingerprint density at radius 2 is 1.74 bits per heavy atom. The van der Waals surface area contributed by atoms with Crippen molar-refractivity contribution < 1.29 is 24.5 Å². The van der Waals surface area contributed by atoms with Crippen LogP contribution in [0.15, 0.2) is 35.9 Å². The molecule has 34 heavy (non-hydrogen) atoms. The molecular formula is C29H40O5. The van der Waals surface area contributed by atoms with Gasteiger partial charge >= 0.3 is 0 Å². The third kappa shape index (κ3) is 3.50. The number of ether oxygens (including phenoxy) is 2. The fraction of sp³-hybridized carbons (Fsp3) is 0.690. The molecule has 0 saturated heterocycles. The van der Waals surface area contributed by atoms with Gasteiger partial charge in [0.2, 0.25) is 0 Å². The summed E-state index contributed by atoms with van der Waals surface area (Å²) < 4.78 is 11.3. The number of ketones is 1. The van der Waals surface area contributed by atoms with Gasteiger partial charge in [-0.3, -0.25) is 4.79 Å². The van der Waals surface area contributed by atoms with Crippen molar-refractivity contribution in [2.75, 3.05) is 7.11 Å². The number of carbonyl (C=O) groups excluding carboxylic acids is 1. The summed E-state index contributed by atoms with van der Waals surface area (Å²) in [5, 5.41) is 22.7. The van der Waals surface area contributed by atoms with Crippen molar-refractivity contribution in [1.29, 1.82) is 0 Å². The Bertz CT molecular complexity index is 985. The SMILES string of the molecule is COc1ccc(CO[C@]2(O)CC[C@@]3(C)C(=CC[C@@H]4[C@@H]3CC[C@@]3(C)[C@H]4CC[C@]3(O)C(C)=O)C2)cc1. The van der Waals surface area contributed by atoms with E-state index in [-0.39, 0.29) is 16.6 Å². The maximum absolute atomic E-state index is 12.4. The van der Waals surface area contributed by atoms with Crippen molar-refractivity contribution in [3.63, 3.8) is 0 Å². The quantitative estimate of drug-likeness (QED) is 0.460. The highest BCUT2D eigenvalue weighted by Crippen LogP contribution is 2.67. The molecule has 5 rings (SSSR count). The molecule has 186 valence electrons. The van der Waals surface area contributed by atoms with Crippen LogP contribution in [0.4, 0.5) is 0 Å². The van der Waals surface area contributed by atoms with E-state index in [2.05, 4.69) is 19.9 Å². The number of hydrogen-bond donors (Lipinski definition) is 2. The number of fused-ring (bicyclic) bond motifs is 5. The number of Topliss-reactive ketones (excluding diaryl/α,β-unsaturated/α-hetero) is 1. The average molecular weight is 469 g/mol. The number of methoxy groups -OCH3 is 1. The van der Waals surface area contributed by atoms with E-state index in [0.717, 1.165) is 43.4 Å². The van der Waals surface area contributed by atoms with Gasteiger partial charge in [-0.2, -0.15) is 0 Å². The molecule has 0 amide bonds. The summed E-state index contributed by atoms with van der Waals surface area (Å²) in [6.07, 6.45) is 8.88. The molecule has 5 heteroatoms. The van der Waals surface area contributed by atoms with Crippen molar-refractivity contribution in [1.82, 2.24) is 0 Å². The fourth-order valence-electron chi connectivity index (χ4n) is 8.27. The number of carbonyl (C=O) groups is 1. The second-order valence-electron chi connectivity index (χ2n) is 11.9. The third-order valence-electron chi connectivity index (χ3n) is 10.5. The van der Waals surface area contributed by atoms with Gasteiger partial charge in [0.15, 0.2) is 11.6 Å². The molecule has 3 saturated carbocycles. The molecule has 3 fully saturated rings. The van der Waals surface area contributed by atoms with Crippen LogP contribution >= 0.6 is 0 Å². The van der Waals surface area contributed by atoms with Gasteiger partial charge in [-0.15, -0.1) is 0 Å². The summed E-state index contributed by atoms with van der Waals surface area (Å²) in [7, 11) is 1.65. The molecule has 2 N–H and O–H groups in total. The number of aliphatic hydroxyl groups is 2. The first-order valence-electron chi connectivity index (χ1n) is 13.0. The third-order valence-corrected chi connectivity index (χ3v) is 10.5. The Balaban J connectivity index is 1.32. The number of benzene rings is 1. The van der Waals surface area contributed by atoms with E-state index in [1.165, 1.54) is 5.57 Å². The normalized spacial score (nSPS) is 43.4. The van der Waals surface area contributed by atoms with Gasteiger partial charge in [0.1, 0.15) is 11.4 Å². The minimum atomic E-state index is -1.17. The highest BCUT2D eigenvalue weighted by atomic mass is 16.6. The Hall–Kier alpha value is -1.69. The van der Waals surface area contributed by atoms with Crippen LogP contribution in [0.25, 0.3) is 0 Å². The Kier molecular flexibility index (Phi) is 5.78. The van der Waals surface area contributed by atoms with Gasteiger partial charge in [-0.05, 0) is 86.3 Å². The van der Waals surface area contributed by atoms with Gasteiger partial charge in [-0.25, -0.2) is 0 Å². The zero-order valence-electron chi connectivity index (χ0n) is 21.1. The second kappa shape index (κ2) is 8.18. The van der Waals surface area contributed by atoms with E-state index < -0.39 is 11.4 Å². The molecule has 0 aromatic heterocycles. The fourth-order valence-corrected chi connectivity index (χ4v) is 8.27. The van der Waals surface area contributed by atoms with Crippen LogP contribution < -0.4 is 4.74 Å². The zero-order valence-corrected chi connectivity index (χ0v) is 21.1. The average Bonchev–Trinajstić information content (AvgIpc) is 3.11. The van der Waals surface area contributed by atoms with E-state index >= 15 is 0 Å². The molecule has 0 spiro atoms. The van der Waals surface area contributed by atoms with Crippen LogP contribution in [0.2, 0.25) is 0 Å². The Morgan fingerprint density at radius 1 is 1.03 bits per heavy atom. The lowest BCUT2D eigenvalue weighted by molar-refractivity contribution is -0.232. The molecular weight excluding hydrogens is 428 g/mol. The summed E-state index contributed by atoms with van der Waals surface area (Å²) >= 11 is 0. The smallest absolute Gasteiger partial charge is 0.169 e. The molecule has 0 heterocycles. The lowest BCUT2D eigenvalue weighted by Gasteiger charge is -2.59. The minimum absolute atomic E-state index is 0.0525. The Labute approximate surface area is 203 Å². The largest absolute Gasteiger partial charge is 0.497 e. The van der Waals surface area contributed by atoms with E-state index in [4.69, 9.17) is 9.47 Å². The van der Waals surface area contributed by atoms with E-state index in [1.807, 2.05) is 24.3 Å². The first-order chi connectivity index (χ1) is 16.0. The lowest BCUT2D eigenvalue weighted by Crippen LogP contribution is -2.57. The van der Waals surface area contributed by atoms with Gasteiger partial charge in [0, 0.05) is 18.3 Å². The maximum Gasteiger partial charge on any atom is 0.169 e. The van der Waals surface area contributed by atoms with Gasteiger partial charge < -0.3 is 19.7 Å². The first kappa shape index (κ1) is 24.0. The maximum atomic E-state index is 12.4. The second-order valence-corrected chi connectivity index (χ2v) is 11.9. The molecule has 4 aliphatic rings. The molecule has 0 radical (unpaired) electrons. The topological polar surface area (TPSA) is 76.0 Å². The Morgan fingerprint density at radius 3 is 2.41 bits per heavy atom. The minimum Gasteiger partial charge on any atom is -0.497 e. The monoisotopic (exact) mass is 468 g/mol. The molecule has 0 bridgehead atoms. The molecule has 7 atom stereocenters. The number of rotatable bonds is 5. The molecule has 0 aliphatic heterocycles. The van der Waals surface area contributed by atoms with Crippen LogP contribution in [0.3, 0.4) is 0 Å². The van der Waals surface area contributed by atoms with Crippen molar-refractivity contribution in [2.24, 2.45) is 28.6 Å². The summed E-state index contributed by atoms with van der Waals surface area (Å²) in [4.78, 5) is 12.4. The molecule has 5 nitrogen and oxygen atoms in total. The van der Waals surface area contributed by atoms with Crippen LogP contribution in [0, 0.1) is 28.6 Å². The van der Waals surface area contributed by atoms with Crippen LogP contribution in [-0.2, 0) is 16.1 Å². The molecule has 1 aromatic rings. The summed E-state index contributed by atoms with van der Waals surface area (Å²) in [6.45, 7) is 6.48. The summed E-state index contributed by atoms with van der Waals surface area (Å²) in [6, 6.07) is 7.78. The highest BCUT2D eigenvalue weighted by molar-refractivity contribution is 5.86. The van der Waals surface area contributed by atoms with E-state index in [9.17, 15) is 15.0 Å². The number of allylic oxidation sites excluding steroid dienone is 1. The number of hydrogen-bond acceptors (Lipinski definition) is 5. The predicted molar refractivity (Wildman–Crippen MR) is 130 cm³/mol. The van der Waals surface area contributed by atoms with Crippen LogP contribution in [0.1, 0.15) is 77.7 Å². The van der Waals surface area contributed by atoms with Crippen LogP contribution in [0.5, 0.6) is 5.75 Å². The lowest BCUT2D eigenvalue weighted by atomic mass is 9.46. The van der Waals surface area contributed by atoms with Gasteiger partial charge in [-0.1, -0.05) is 37.6 Å².